The van der Waals surface area contributed by atoms with E-state index in [0.29, 0.717) is 13.0 Å². The molecule has 82 valence electrons. The summed E-state index contributed by atoms with van der Waals surface area (Å²) in [5, 5.41) is 11.8. The van der Waals surface area contributed by atoms with Gasteiger partial charge in [-0.1, -0.05) is 11.6 Å². The lowest BCUT2D eigenvalue weighted by atomic mass is 10.3. The highest BCUT2D eigenvalue weighted by atomic mass is 35.5. The third-order valence-corrected chi connectivity index (χ3v) is 1.87. The van der Waals surface area contributed by atoms with E-state index in [4.69, 9.17) is 16.7 Å². The normalized spacial score (nSPS) is 12.2. The molecule has 1 amide bonds. The largest absolute Gasteiger partial charge is 0.393 e. The van der Waals surface area contributed by atoms with E-state index in [0.717, 1.165) is 0 Å². The Balaban J connectivity index is 2.47. The zero-order valence-electron chi connectivity index (χ0n) is 8.27. The molecule has 1 heterocycles. The first-order chi connectivity index (χ1) is 7.09. The van der Waals surface area contributed by atoms with Gasteiger partial charge in [0.05, 0.1) is 18.5 Å². The van der Waals surface area contributed by atoms with Crippen LogP contribution in [0, 0.1) is 0 Å². The first kappa shape index (κ1) is 11.9. The van der Waals surface area contributed by atoms with Crippen molar-refractivity contribution in [3.05, 3.63) is 23.2 Å². The quantitative estimate of drug-likeness (QED) is 0.794. The van der Waals surface area contributed by atoms with Gasteiger partial charge in [-0.15, -0.1) is 0 Å². The molecule has 0 radical (unpaired) electrons. The highest BCUT2D eigenvalue weighted by Gasteiger charge is 2.07. The van der Waals surface area contributed by atoms with Crippen molar-refractivity contribution < 1.29 is 9.90 Å². The maximum atomic E-state index is 11.4. The monoisotopic (exact) mass is 229 g/mol. The number of nitrogens with zero attached hydrogens (tertiary/aromatic N) is 2. The van der Waals surface area contributed by atoms with Gasteiger partial charge in [-0.3, -0.25) is 9.78 Å². The Kier molecular flexibility index (Phi) is 4.45. The summed E-state index contributed by atoms with van der Waals surface area (Å²) in [5.74, 6) is -0.342. The summed E-state index contributed by atoms with van der Waals surface area (Å²) in [5.41, 5.74) is 0.174. The lowest BCUT2D eigenvalue weighted by Gasteiger charge is -2.05. The fourth-order valence-electron chi connectivity index (χ4n) is 0.937. The van der Waals surface area contributed by atoms with Gasteiger partial charge in [0.15, 0.2) is 0 Å². The fraction of sp³-hybridized carbons (Fsp3) is 0.444. The number of carbonyl (C=O) groups is 1. The Bertz CT molecular complexity index is 344. The Morgan fingerprint density at radius 1 is 1.67 bits per heavy atom. The Morgan fingerprint density at radius 3 is 3.00 bits per heavy atom. The molecule has 5 nitrogen and oxygen atoms in total. The molecular formula is C9H12ClN3O2. The molecule has 0 aliphatic carbocycles. The number of halogens is 1. The van der Waals surface area contributed by atoms with Crippen molar-refractivity contribution in [2.24, 2.45) is 0 Å². The summed E-state index contributed by atoms with van der Waals surface area (Å²) in [6.07, 6.45) is 2.76. The number of aromatic nitrogens is 2. The van der Waals surface area contributed by atoms with Crippen molar-refractivity contribution in [2.45, 2.75) is 19.4 Å². The predicted molar refractivity (Wildman–Crippen MR) is 55.7 cm³/mol. The molecule has 0 fully saturated rings. The smallest absolute Gasteiger partial charge is 0.271 e. The van der Waals surface area contributed by atoms with E-state index in [1.807, 2.05) is 0 Å². The van der Waals surface area contributed by atoms with Crippen molar-refractivity contribution in [2.75, 3.05) is 6.54 Å². The lowest BCUT2D eigenvalue weighted by Crippen LogP contribution is -2.27. The number of nitrogens with one attached hydrogen (secondary N) is 1. The van der Waals surface area contributed by atoms with Gasteiger partial charge in [-0.2, -0.15) is 0 Å². The third kappa shape index (κ3) is 4.22. The van der Waals surface area contributed by atoms with Gasteiger partial charge in [-0.25, -0.2) is 4.98 Å². The zero-order chi connectivity index (χ0) is 11.3. The van der Waals surface area contributed by atoms with Crippen LogP contribution in [0.1, 0.15) is 23.8 Å². The van der Waals surface area contributed by atoms with Crippen molar-refractivity contribution in [3.63, 3.8) is 0 Å². The van der Waals surface area contributed by atoms with Crippen LogP contribution in [0.4, 0.5) is 0 Å². The molecule has 6 heteroatoms. The van der Waals surface area contributed by atoms with E-state index in [9.17, 15) is 4.79 Å². The van der Waals surface area contributed by atoms with Crippen LogP contribution in [0.25, 0.3) is 0 Å². The molecule has 1 atom stereocenters. The molecule has 0 aromatic carbocycles. The molecular weight excluding hydrogens is 218 g/mol. The molecule has 0 spiro atoms. The van der Waals surface area contributed by atoms with Crippen molar-refractivity contribution in [1.82, 2.24) is 15.3 Å². The van der Waals surface area contributed by atoms with Gasteiger partial charge < -0.3 is 10.4 Å². The molecule has 1 aromatic heterocycles. The first-order valence-electron chi connectivity index (χ1n) is 4.53. The Labute approximate surface area is 92.5 Å². The third-order valence-electron chi connectivity index (χ3n) is 1.69. The minimum absolute atomic E-state index is 0.174. The van der Waals surface area contributed by atoms with E-state index in [2.05, 4.69) is 15.3 Å². The number of amides is 1. The van der Waals surface area contributed by atoms with E-state index in [-0.39, 0.29) is 16.8 Å². The van der Waals surface area contributed by atoms with E-state index in [1.165, 1.54) is 12.4 Å². The van der Waals surface area contributed by atoms with Gasteiger partial charge in [0.25, 0.3) is 5.91 Å². The van der Waals surface area contributed by atoms with Crippen LogP contribution < -0.4 is 5.32 Å². The Morgan fingerprint density at radius 2 is 2.40 bits per heavy atom. The number of hydrogen-bond acceptors (Lipinski definition) is 4. The van der Waals surface area contributed by atoms with E-state index >= 15 is 0 Å². The SMILES string of the molecule is CC(O)CCNC(=O)c1cncc(Cl)n1. The summed E-state index contributed by atoms with van der Waals surface area (Å²) in [6, 6.07) is 0. The molecule has 15 heavy (non-hydrogen) atoms. The summed E-state index contributed by atoms with van der Waals surface area (Å²) >= 11 is 5.58. The maximum Gasteiger partial charge on any atom is 0.271 e. The second-order valence-corrected chi connectivity index (χ2v) is 3.51. The van der Waals surface area contributed by atoms with Crippen molar-refractivity contribution in [3.8, 4) is 0 Å². The summed E-state index contributed by atoms with van der Waals surface area (Å²) in [4.78, 5) is 19.0. The number of carbonyl (C=O) groups excluding carboxylic acids is 1. The van der Waals surface area contributed by atoms with Gasteiger partial charge >= 0.3 is 0 Å². The standard InChI is InChI=1S/C9H12ClN3O2/c1-6(14)2-3-12-9(15)7-4-11-5-8(10)13-7/h4-6,14H,2-3H2,1H3,(H,12,15). The summed E-state index contributed by atoms with van der Waals surface area (Å²) in [7, 11) is 0. The average molecular weight is 230 g/mol. The van der Waals surface area contributed by atoms with Gasteiger partial charge in [0, 0.05) is 6.54 Å². The summed E-state index contributed by atoms with van der Waals surface area (Å²) in [6.45, 7) is 2.05. The molecule has 0 saturated heterocycles. The maximum absolute atomic E-state index is 11.4. The number of aliphatic hydroxyl groups excluding tert-OH is 1. The molecule has 0 bridgehead atoms. The highest BCUT2D eigenvalue weighted by molar-refractivity contribution is 6.29. The summed E-state index contributed by atoms with van der Waals surface area (Å²) < 4.78 is 0. The lowest BCUT2D eigenvalue weighted by molar-refractivity contribution is 0.0940. The molecule has 1 rings (SSSR count). The van der Waals surface area contributed by atoms with Crippen LogP contribution in [0.2, 0.25) is 5.15 Å². The average Bonchev–Trinajstić information content (AvgIpc) is 2.17. The first-order valence-corrected chi connectivity index (χ1v) is 4.91. The topological polar surface area (TPSA) is 75.1 Å². The van der Waals surface area contributed by atoms with Crippen LogP contribution >= 0.6 is 11.6 Å². The van der Waals surface area contributed by atoms with Crippen LogP contribution in [-0.2, 0) is 0 Å². The molecule has 0 saturated carbocycles. The molecule has 1 unspecified atom stereocenters. The van der Waals surface area contributed by atoms with Gasteiger partial charge in [-0.05, 0) is 13.3 Å². The number of aliphatic hydroxyl groups is 1. The number of hydrogen-bond donors (Lipinski definition) is 2. The Hall–Kier alpha value is -1.20. The molecule has 1 aromatic rings. The second kappa shape index (κ2) is 5.63. The van der Waals surface area contributed by atoms with E-state index in [1.54, 1.807) is 6.92 Å². The predicted octanol–water partition coefficient (Wildman–Crippen LogP) is 0.631. The van der Waals surface area contributed by atoms with E-state index < -0.39 is 6.10 Å². The molecule has 0 aliphatic heterocycles. The van der Waals surface area contributed by atoms with Crippen LogP contribution in [-0.4, -0.2) is 33.6 Å². The van der Waals surface area contributed by atoms with Crippen LogP contribution in [0.5, 0.6) is 0 Å². The fourth-order valence-corrected chi connectivity index (χ4v) is 1.08. The minimum Gasteiger partial charge on any atom is -0.393 e. The molecule has 2 N–H and O–H groups in total. The van der Waals surface area contributed by atoms with Crippen LogP contribution in [0.15, 0.2) is 12.4 Å². The minimum atomic E-state index is -0.434. The van der Waals surface area contributed by atoms with Crippen molar-refractivity contribution >= 4 is 17.5 Å². The molecule has 0 aliphatic rings. The van der Waals surface area contributed by atoms with Gasteiger partial charge in [0.1, 0.15) is 10.8 Å². The number of rotatable bonds is 4. The highest BCUT2D eigenvalue weighted by Crippen LogP contribution is 2.02. The second-order valence-electron chi connectivity index (χ2n) is 3.12. The van der Waals surface area contributed by atoms with Crippen molar-refractivity contribution in [1.29, 1.82) is 0 Å². The van der Waals surface area contributed by atoms with Gasteiger partial charge in [0.2, 0.25) is 0 Å². The van der Waals surface area contributed by atoms with Crippen LogP contribution in [0.3, 0.4) is 0 Å². The zero-order valence-corrected chi connectivity index (χ0v) is 9.03.